The Morgan fingerprint density at radius 2 is 1.59 bits per heavy atom. The number of ether oxygens (including phenoxy) is 3. The van der Waals surface area contributed by atoms with E-state index in [0.717, 1.165) is 11.1 Å². The Balaban J connectivity index is 1.48. The zero-order valence-corrected chi connectivity index (χ0v) is 18.5. The van der Waals surface area contributed by atoms with Crippen LogP contribution in [-0.4, -0.2) is 60.2 Å². The molecule has 0 amide bonds. The van der Waals surface area contributed by atoms with Gasteiger partial charge < -0.3 is 24.4 Å². The molecular weight excluding hydrogens is 408 g/mol. The average molecular weight is 443 g/mol. The van der Waals surface area contributed by atoms with E-state index in [1.807, 2.05) is 60.7 Å². The van der Waals surface area contributed by atoms with E-state index in [1.54, 1.807) is 0 Å². The molecular formula is C26H34O6. The van der Waals surface area contributed by atoms with Crippen LogP contribution in [0.2, 0.25) is 0 Å². The monoisotopic (exact) mass is 442 g/mol. The number of hydrogen-bond acceptors (Lipinski definition) is 6. The molecule has 6 nitrogen and oxygen atoms in total. The van der Waals surface area contributed by atoms with E-state index in [4.69, 9.17) is 14.2 Å². The average Bonchev–Trinajstić information content (AvgIpc) is 2.83. The van der Waals surface area contributed by atoms with E-state index in [2.05, 4.69) is 0 Å². The van der Waals surface area contributed by atoms with Crippen molar-refractivity contribution in [3.8, 4) is 0 Å². The molecule has 6 heteroatoms. The van der Waals surface area contributed by atoms with Crippen LogP contribution in [0.15, 0.2) is 60.7 Å². The van der Waals surface area contributed by atoms with E-state index in [-0.39, 0.29) is 37.9 Å². The summed E-state index contributed by atoms with van der Waals surface area (Å²) in [6.45, 7) is 1.37. The number of benzene rings is 2. The topological polar surface area (TPSA) is 85.2 Å². The SMILES string of the molecule is O=C(Cc1ccccc1)C1CC(O)COC(CCOCc2ccccc2)CC(O)CCO1. The first-order valence-electron chi connectivity index (χ1n) is 11.4. The van der Waals surface area contributed by atoms with E-state index in [1.165, 1.54) is 0 Å². The summed E-state index contributed by atoms with van der Waals surface area (Å²) in [7, 11) is 0. The predicted molar refractivity (Wildman–Crippen MR) is 121 cm³/mol. The highest BCUT2D eigenvalue weighted by Crippen LogP contribution is 2.17. The molecule has 0 spiro atoms. The lowest BCUT2D eigenvalue weighted by Gasteiger charge is -2.22. The lowest BCUT2D eigenvalue weighted by molar-refractivity contribution is -0.133. The Labute approximate surface area is 190 Å². The van der Waals surface area contributed by atoms with Crippen molar-refractivity contribution < 1.29 is 29.2 Å². The number of rotatable bonds is 8. The molecule has 0 bridgehead atoms. The number of aliphatic hydroxyl groups is 2. The van der Waals surface area contributed by atoms with Crippen molar-refractivity contribution in [2.24, 2.45) is 0 Å². The Morgan fingerprint density at radius 1 is 0.906 bits per heavy atom. The summed E-state index contributed by atoms with van der Waals surface area (Å²) < 4.78 is 17.4. The second kappa shape index (κ2) is 13.5. The van der Waals surface area contributed by atoms with Gasteiger partial charge in [0, 0.05) is 19.4 Å². The smallest absolute Gasteiger partial charge is 0.166 e. The molecule has 32 heavy (non-hydrogen) atoms. The van der Waals surface area contributed by atoms with Gasteiger partial charge in [-0.2, -0.15) is 0 Å². The summed E-state index contributed by atoms with van der Waals surface area (Å²) >= 11 is 0. The number of carbonyl (C=O) groups excluding carboxylic acids is 1. The molecule has 1 saturated heterocycles. The minimum absolute atomic E-state index is 0.0742. The van der Waals surface area contributed by atoms with Crippen LogP contribution < -0.4 is 0 Å². The molecule has 1 aliphatic rings. The van der Waals surface area contributed by atoms with Gasteiger partial charge in [0.05, 0.1) is 38.1 Å². The minimum atomic E-state index is -0.817. The van der Waals surface area contributed by atoms with Crippen molar-refractivity contribution in [3.63, 3.8) is 0 Å². The molecule has 174 valence electrons. The zero-order chi connectivity index (χ0) is 22.6. The second-order valence-electron chi connectivity index (χ2n) is 8.34. The van der Waals surface area contributed by atoms with E-state index >= 15 is 0 Å². The van der Waals surface area contributed by atoms with Crippen molar-refractivity contribution in [1.82, 2.24) is 0 Å². The fraction of sp³-hybridized carbons (Fsp3) is 0.500. The summed E-state index contributed by atoms with van der Waals surface area (Å²) in [4.78, 5) is 12.7. The largest absolute Gasteiger partial charge is 0.393 e. The summed E-state index contributed by atoms with van der Waals surface area (Å²) in [5, 5.41) is 20.9. The predicted octanol–water partition coefficient (Wildman–Crippen LogP) is 3.08. The number of ketones is 1. The number of aliphatic hydroxyl groups excluding tert-OH is 2. The van der Waals surface area contributed by atoms with Crippen molar-refractivity contribution in [2.45, 2.75) is 63.1 Å². The summed E-state index contributed by atoms with van der Waals surface area (Å²) in [5.74, 6) is -0.0742. The van der Waals surface area contributed by atoms with Crippen molar-refractivity contribution >= 4 is 5.78 Å². The lowest BCUT2D eigenvalue weighted by atomic mass is 10.0. The van der Waals surface area contributed by atoms with Crippen LogP contribution in [0.4, 0.5) is 0 Å². The highest BCUT2D eigenvalue weighted by atomic mass is 16.5. The third kappa shape index (κ3) is 8.81. The Hall–Kier alpha value is -2.09. The first-order chi connectivity index (χ1) is 15.6. The fourth-order valence-corrected chi connectivity index (χ4v) is 3.78. The van der Waals surface area contributed by atoms with Gasteiger partial charge in [-0.1, -0.05) is 60.7 Å². The maximum absolute atomic E-state index is 12.7. The summed E-state index contributed by atoms with van der Waals surface area (Å²) in [6.07, 6.45) is -0.463. The number of carbonyl (C=O) groups is 1. The van der Waals surface area contributed by atoms with Crippen LogP contribution >= 0.6 is 0 Å². The Kier molecular flexibility index (Phi) is 10.3. The summed E-state index contributed by atoms with van der Waals surface area (Å²) in [5.41, 5.74) is 2.02. The van der Waals surface area contributed by atoms with Gasteiger partial charge >= 0.3 is 0 Å². The quantitative estimate of drug-likeness (QED) is 0.611. The molecule has 1 aliphatic heterocycles. The molecule has 0 radical (unpaired) electrons. The molecule has 4 atom stereocenters. The van der Waals surface area contributed by atoms with Crippen LogP contribution in [0.25, 0.3) is 0 Å². The molecule has 1 heterocycles. The maximum Gasteiger partial charge on any atom is 0.166 e. The van der Waals surface area contributed by atoms with Crippen molar-refractivity contribution in [2.75, 3.05) is 19.8 Å². The molecule has 3 rings (SSSR count). The zero-order valence-electron chi connectivity index (χ0n) is 18.5. The number of hydrogen-bond donors (Lipinski definition) is 2. The van der Waals surface area contributed by atoms with Gasteiger partial charge in [0.1, 0.15) is 6.10 Å². The van der Waals surface area contributed by atoms with Gasteiger partial charge in [0.2, 0.25) is 0 Å². The first kappa shape index (κ1) is 24.6. The van der Waals surface area contributed by atoms with Crippen LogP contribution in [0, 0.1) is 0 Å². The molecule has 1 fully saturated rings. The highest BCUT2D eigenvalue weighted by Gasteiger charge is 2.26. The lowest BCUT2D eigenvalue weighted by Crippen LogP contribution is -2.33. The van der Waals surface area contributed by atoms with Crippen LogP contribution in [0.3, 0.4) is 0 Å². The van der Waals surface area contributed by atoms with E-state index < -0.39 is 18.3 Å². The molecule has 4 unspecified atom stereocenters. The second-order valence-corrected chi connectivity index (χ2v) is 8.34. The Morgan fingerprint density at radius 3 is 2.31 bits per heavy atom. The van der Waals surface area contributed by atoms with Gasteiger partial charge in [-0.25, -0.2) is 0 Å². The van der Waals surface area contributed by atoms with Gasteiger partial charge in [-0.15, -0.1) is 0 Å². The Bertz CT molecular complexity index is 781. The standard InChI is InChI=1S/C26H34O6/c27-22-11-14-31-26(25(29)15-20-7-3-1-4-8-20)17-23(28)19-32-24(16-22)12-13-30-18-21-9-5-2-6-10-21/h1-10,22-24,26-28H,11-19H2. The molecule has 2 aromatic carbocycles. The van der Waals surface area contributed by atoms with Crippen molar-refractivity contribution in [1.29, 1.82) is 0 Å². The van der Waals surface area contributed by atoms with Gasteiger partial charge in [-0.3, -0.25) is 4.79 Å². The minimum Gasteiger partial charge on any atom is -0.393 e. The molecule has 0 saturated carbocycles. The molecule has 0 aromatic heterocycles. The molecule has 2 N–H and O–H groups in total. The normalized spacial score (nSPS) is 25.1. The van der Waals surface area contributed by atoms with Gasteiger partial charge in [0.25, 0.3) is 0 Å². The van der Waals surface area contributed by atoms with Crippen LogP contribution in [-0.2, 0) is 32.0 Å². The van der Waals surface area contributed by atoms with Gasteiger partial charge in [-0.05, 0) is 30.4 Å². The first-order valence-corrected chi connectivity index (χ1v) is 11.4. The highest BCUT2D eigenvalue weighted by molar-refractivity contribution is 5.85. The van der Waals surface area contributed by atoms with Gasteiger partial charge in [0.15, 0.2) is 5.78 Å². The van der Waals surface area contributed by atoms with Crippen LogP contribution in [0.1, 0.15) is 36.8 Å². The third-order valence-corrected chi connectivity index (χ3v) is 5.59. The van der Waals surface area contributed by atoms with Crippen LogP contribution in [0.5, 0.6) is 0 Å². The summed E-state index contributed by atoms with van der Waals surface area (Å²) in [6, 6.07) is 19.4. The fourth-order valence-electron chi connectivity index (χ4n) is 3.78. The van der Waals surface area contributed by atoms with Crippen molar-refractivity contribution in [3.05, 3.63) is 71.8 Å². The third-order valence-electron chi connectivity index (χ3n) is 5.59. The van der Waals surface area contributed by atoms with E-state index in [9.17, 15) is 15.0 Å². The maximum atomic E-state index is 12.7. The molecule has 2 aromatic rings. The van der Waals surface area contributed by atoms with E-state index in [0.29, 0.717) is 32.5 Å². The number of Topliss-reactive ketones (excluding diaryl/α,β-unsaturated/α-hetero) is 1. The molecule has 0 aliphatic carbocycles.